The molecule has 0 aliphatic heterocycles. The fraction of sp³-hybridized carbons (Fsp3) is 0.273. The van der Waals surface area contributed by atoms with Crippen LogP contribution in [0, 0.1) is 0 Å². The Hall–Kier alpha value is -1.12. The lowest BCUT2D eigenvalue weighted by molar-refractivity contribution is 0.199. The van der Waals surface area contributed by atoms with E-state index < -0.39 is 6.10 Å². The minimum Gasteiger partial charge on any atom is -0.387 e. The van der Waals surface area contributed by atoms with E-state index in [0.29, 0.717) is 0 Å². The number of aliphatic hydroxyl groups is 1. The summed E-state index contributed by atoms with van der Waals surface area (Å²) in [4.78, 5) is 0. The Morgan fingerprint density at radius 3 is 2.46 bits per heavy atom. The quantitative estimate of drug-likeness (QED) is 0.733. The summed E-state index contributed by atoms with van der Waals surface area (Å²) >= 11 is 0. The topological polar surface area (TPSA) is 46.2 Å². The molecule has 0 fully saturated rings. The summed E-state index contributed by atoms with van der Waals surface area (Å²) in [5.74, 6) is 0. The molecule has 2 heteroatoms. The Morgan fingerprint density at radius 2 is 1.92 bits per heavy atom. The molecule has 0 amide bonds. The monoisotopic (exact) mass is 177 g/mol. The van der Waals surface area contributed by atoms with E-state index >= 15 is 0 Å². The lowest BCUT2D eigenvalue weighted by Gasteiger charge is -2.08. The van der Waals surface area contributed by atoms with E-state index in [2.05, 4.69) is 0 Å². The molecule has 0 aliphatic rings. The first-order valence-electron chi connectivity index (χ1n) is 4.37. The van der Waals surface area contributed by atoms with Crippen LogP contribution in [0.3, 0.4) is 0 Å². The molecular weight excluding hydrogens is 162 g/mol. The Labute approximate surface area is 78.7 Å². The van der Waals surface area contributed by atoms with E-state index in [-0.39, 0.29) is 6.04 Å². The van der Waals surface area contributed by atoms with Crippen molar-refractivity contribution in [2.75, 3.05) is 0 Å². The van der Waals surface area contributed by atoms with Crippen LogP contribution >= 0.6 is 0 Å². The van der Waals surface area contributed by atoms with Gasteiger partial charge < -0.3 is 10.8 Å². The summed E-state index contributed by atoms with van der Waals surface area (Å²) in [5, 5.41) is 9.38. The molecule has 0 radical (unpaired) electrons. The molecule has 0 unspecified atom stereocenters. The molecule has 2 atom stereocenters. The average Bonchev–Trinajstić information content (AvgIpc) is 2.15. The van der Waals surface area contributed by atoms with Gasteiger partial charge in [0.2, 0.25) is 0 Å². The molecule has 1 aromatic carbocycles. The normalized spacial score (nSPS) is 15.9. The maximum Gasteiger partial charge on any atom is 0.0872 e. The highest BCUT2D eigenvalue weighted by Crippen LogP contribution is 2.02. The lowest BCUT2D eigenvalue weighted by Crippen LogP contribution is -2.29. The smallest absolute Gasteiger partial charge is 0.0872 e. The van der Waals surface area contributed by atoms with Crippen molar-refractivity contribution in [1.29, 1.82) is 0 Å². The zero-order valence-electron chi connectivity index (χ0n) is 7.72. The van der Waals surface area contributed by atoms with Crippen molar-refractivity contribution in [3.05, 3.63) is 42.0 Å². The molecule has 0 spiro atoms. The number of rotatable bonds is 3. The maximum atomic E-state index is 9.38. The van der Waals surface area contributed by atoms with Crippen LogP contribution in [0.25, 0.3) is 6.08 Å². The van der Waals surface area contributed by atoms with Crippen molar-refractivity contribution < 1.29 is 5.11 Å². The van der Waals surface area contributed by atoms with Crippen molar-refractivity contribution in [2.24, 2.45) is 5.73 Å². The fourth-order valence-electron chi connectivity index (χ4n) is 0.949. The van der Waals surface area contributed by atoms with Gasteiger partial charge in [-0.05, 0) is 12.5 Å². The van der Waals surface area contributed by atoms with Gasteiger partial charge in [0, 0.05) is 6.04 Å². The van der Waals surface area contributed by atoms with E-state index in [0.717, 1.165) is 5.56 Å². The molecule has 3 N–H and O–H groups in total. The molecule has 0 aliphatic carbocycles. The van der Waals surface area contributed by atoms with Crippen LogP contribution in [0.4, 0.5) is 0 Å². The largest absolute Gasteiger partial charge is 0.387 e. The first-order valence-corrected chi connectivity index (χ1v) is 4.37. The van der Waals surface area contributed by atoms with Crippen LogP contribution in [-0.4, -0.2) is 17.3 Å². The minimum absolute atomic E-state index is 0.222. The number of aliphatic hydroxyl groups excluding tert-OH is 1. The second-order valence-corrected chi connectivity index (χ2v) is 3.12. The van der Waals surface area contributed by atoms with Crippen molar-refractivity contribution in [3.63, 3.8) is 0 Å². The Balaban J connectivity index is 2.59. The zero-order chi connectivity index (χ0) is 9.68. The molecular formula is C11H15NO. The summed E-state index contributed by atoms with van der Waals surface area (Å²) in [5.41, 5.74) is 6.57. The summed E-state index contributed by atoms with van der Waals surface area (Å²) in [6.07, 6.45) is 3.01. The van der Waals surface area contributed by atoms with Gasteiger partial charge in [-0.3, -0.25) is 0 Å². The number of nitrogens with two attached hydrogens (primary N) is 1. The molecule has 70 valence electrons. The van der Waals surface area contributed by atoms with Crippen molar-refractivity contribution in [2.45, 2.75) is 19.1 Å². The Bertz CT molecular complexity index is 267. The van der Waals surface area contributed by atoms with E-state index in [1.165, 1.54) is 0 Å². The Kier molecular flexibility index (Phi) is 3.68. The molecule has 1 aromatic rings. The van der Waals surface area contributed by atoms with Gasteiger partial charge in [0.25, 0.3) is 0 Å². The number of benzene rings is 1. The SMILES string of the molecule is C[C@H](N)[C@H](O)C=Cc1ccccc1. The van der Waals surface area contributed by atoms with Gasteiger partial charge in [0.1, 0.15) is 0 Å². The number of hydrogen-bond donors (Lipinski definition) is 2. The van der Waals surface area contributed by atoms with Crippen LogP contribution in [0.1, 0.15) is 12.5 Å². The van der Waals surface area contributed by atoms with Crippen molar-refractivity contribution >= 4 is 6.08 Å². The molecule has 0 saturated carbocycles. The van der Waals surface area contributed by atoms with Crippen LogP contribution in [0.5, 0.6) is 0 Å². The third kappa shape index (κ3) is 3.40. The van der Waals surface area contributed by atoms with Gasteiger partial charge in [0.15, 0.2) is 0 Å². The number of hydrogen-bond acceptors (Lipinski definition) is 2. The van der Waals surface area contributed by atoms with Crippen LogP contribution in [0.2, 0.25) is 0 Å². The summed E-state index contributed by atoms with van der Waals surface area (Å²) in [6, 6.07) is 9.60. The average molecular weight is 177 g/mol. The molecule has 2 nitrogen and oxygen atoms in total. The van der Waals surface area contributed by atoms with Gasteiger partial charge in [-0.25, -0.2) is 0 Å². The molecule has 1 rings (SSSR count). The molecule has 13 heavy (non-hydrogen) atoms. The predicted octanol–water partition coefficient (Wildman–Crippen LogP) is 1.41. The third-order valence-corrected chi connectivity index (χ3v) is 1.82. The molecule has 0 bridgehead atoms. The standard InChI is InChI=1S/C11H15NO/c1-9(12)11(13)8-7-10-5-3-2-4-6-10/h2-9,11,13H,12H2,1H3/t9-,11+/m0/s1. The van der Waals surface area contributed by atoms with E-state index in [4.69, 9.17) is 5.73 Å². The molecule has 0 aromatic heterocycles. The second-order valence-electron chi connectivity index (χ2n) is 3.12. The second kappa shape index (κ2) is 4.80. The lowest BCUT2D eigenvalue weighted by atomic mass is 10.1. The predicted molar refractivity (Wildman–Crippen MR) is 55.1 cm³/mol. The van der Waals surface area contributed by atoms with Crippen LogP contribution in [0.15, 0.2) is 36.4 Å². The van der Waals surface area contributed by atoms with Crippen molar-refractivity contribution in [3.8, 4) is 0 Å². The summed E-state index contributed by atoms with van der Waals surface area (Å²) < 4.78 is 0. The minimum atomic E-state index is -0.569. The van der Waals surface area contributed by atoms with Crippen LogP contribution < -0.4 is 5.73 Å². The van der Waals surface area contributed by atoms with Gasteiger partial charge in [-0.15, -0.1) is 0 Å². The summed E-state index contributed by atoms with van der Waals surface area (Å²) in [7, 11) is 0. The van der Waals surface area contributed by atoms with Crippen LogP contribution in [-0.2, 0) is 0 Å². The van der Waals surface area contributed by atoms with E-state index in [1.807, 2.05) is 36.4 Å². The third-order valence-electron chi connectivity index (χ3n) is 1.82. The highest BCUT2D eigenvalue weighted by Gasteiger charge is 2.03. The van der Waals surface area contributed by atoms with Gasteiger partial charge >= 0.3 is 0 Å². The zero-order valence-corrected chi connectivity index (χ0v) is 7.72. The highest BCUT2D eigenvalue weighted by atomic mass is 16.3. The Morgan fingerprint density at radius 1 is 1.31 bits per heavy atom. The maximum absolute atomic E-state index is 9.38. The summed E-state index contributed by atoms with van der Waals surface area (Å²) in [6.45, 7) is 1.78. The van der Waals surface area contributed by atoms with Gasteiger partial charge in [-0.1, -0.05) is 42.5 Å². The first kappa shape index (κ1) is 9.96. The molecule has 0 saturated heterocycles. The van der Waals surface area contributed by atoms with E-state index in [9.17, 15) is 5.11 Å². The van der Waals surface area contributed by atoms with Crippen molar-refractivity contribution in [1.82, 2.24) is 0 Å². The highest BCUT2D eigenvalue weighted by molar-refractivity contribution is 5.49. The fourth-order valence-corrected chi connectivity index (χ4v) is 0.949. The first-order chi connectivity index (χ1) is 6.20. The van der Waals surface area contributed by atoms with E-state index in [1.54, 1.807) is 13.0 Å². The van der Waals surface area contributed by atoms with Gasteiger partial charge in [0.05, 0.1) is 6.10 Å². The molecule has 0 heterocycles. The van der Waals surface area contributed by atoms with Gasteiger partial charge in [-0.2, -0.15) is 0 Å².